The standard InChI is InChI=1S/C17H19FN4O/c18-12-9-13(15-14(10-12)19-21-20-15)16(23)22-8-4-7-17(11-22)5-2-1-3-6-17/h1-2,9-10H,3-8,11H2,(H,19,20,21). The van der Waals surface area contributed by atoms with E-state index >= 15 is 0 Å². The predicted octanol–water partition coefficient (Wildman–Crippen LogP) is 3.06. The van der Waals surface area contributed by atoms with Crippen LogP contribution in [-0.2, 0) is 0 Å². The summed E-state index contributed by atoms with van der Waals surface area (Å²) in [6.45, 7) is 1.46. The van der Waals surface area contributed by atoms with Gasteiger partial charge in [-0.3, -0.25) is 4.79 Å². The molecule has 0 radical (unpaired) electrons. The van der Waals surface area contributed by atoms with E-state index in [4.69, 9.17) is 0 Å². The van der Waals surface area contributed by atoms with Crippen molar-refractivity contribution in [2.75, 3.05) is 13.1 Å². The third-order valence-electron chi connectivity index (χ3n) is 5.12. The molecular formula is C17H19FN4O. The van der Waals surface area contributed by atoms with Gasteiger partial charge in [0.05, 0.1) is 5.56 Å². The number of hydrogen-bond acceptors (Lipinski definition) is 3. The molecule has 2 aromatic rings. The molecule has 0 saturated carbocycles. The average Bonchev–Trinajstić information content (AvgIpc) is 3.02. The number of nitrogens with zero attached hydrogens (tertiary/aromatic N) is 3. The van der Waals surface area contributed by atoms with Crippen LogP contribution in [0.3, 0.4) is 0 Å². The zero-order valence-electron chi connectivity index (χ0n) is 12.9. The van der Waals surface area contributed by atoms with Crippen molar-refractivity contribution in [3.05, 3.63) is 35.7 Å². The Bertz CT molecular complexity index is 784. The Kier molecular flexibility index (Phi) is 3.39. The summed E-state index contributed by atoms with van der Waals surface area (Å²) in [6, 6.07) is 2.56. The number of carbonyl (C=O) groups is 1. The molecule has 1 N–H and O–H groups in total. The third-order valence-corrected chi connectivity index (χ3v) is 5.12. The molecule has 5 nitrogen and oxygen atoms in total. The maximum absolute atomic E-state index is 13.8. The van der Waals surface area contributed by atoms with Gasteiger partial charge in [0.25, 0.3) is 5.91 Å². The number of aromatic amines is 1. The Labute approximate surface area is 133 Å². The SMILES string of the molecule is O=C(c1cc(F)cc2n[nH]nc12)N1CCCC2(CC=CCC2)C1. The molecule has 4 rings (SSSR count). The fourth-order valence-electron chi connectivity index (χ4n) is 3.94. The molecule has 1 aliphatic carbocycles. The molecule has 1 atom stereocenters. The van der Waals surface area contributed by atoms with Gasteiger partial charge in [0, 0.05) is 19.2 Å². The van der Waals surface area contributed by atoms with Crippen molar-refractivity contribution in [3.63, 3.8) is 0 Å². The number of piperidine rings is 1. The molecule has 1 aromatic carbocycles. The van der Waals surface area contributed by atoms with E-state index in [1.165, 1.54) is 12.1 Å². The number of rotatable bonds is 1. The summed E-state index contributed by atoms with van der Waals surface area (Å²) in [5, 5.41) is 10.4. The fraction of sp³-hybridized carbons (Fsp3) is 0.471. The van der Waals surface area contributed by atoms with Crippen LogP contribution in [0.25, 0.3) is 11.0 Å². The van der Waals surface area contributed by atoms with Crippen LogP contribution in [0.5, 0.6) is 0 Å². The highest BCUT2D eigenvalue weighted by Crippen LogP contribution is 2.41. The summed E-state index contributed by atoms with van der Waals surface area (Å²) < 4.78 is 13.8. The number of carbonyl (C=O) groups excluding carboxylic acids is 1. The van der Waals surface area contributed by atoms with Crippen LogP contribution in [0.15, 0.2) is 24.3 Å². The van der Waals surface area contributed by atoms with Gasteiger partial charge in [-0.15, -0.1) is 0 Å². The highest BCUT2D eigenvalue weighted by atomic mass is 19.1. The summed E-state index contributed by atoms with van der Waals surface area (Å²) in [5.41, 5.74) is 1.33. The van der Waals surface area contributed by atoms with Crippen molar-refractivity contribution in [2.45, 2.75) is 32.1 Å². The molecule has 6 heteroatoms. The number of benzene rings is 1. The van der Waals surface area contributed by atoms with E-state index in [-0.39, 0.29) is 11.3 Å². The Balaban J connectivity index is 1.65. The first-order chi connectivity index (χ1) is 11.2. The Morgan fingerprint density at radius 3 is 3.00 bits per heavy atom. The lowest BCUT2D eigenvalue weighted by molar-refractivity contribution is 0.0485. The maximum atomic E-state index is 13.8. The average molecular weight is 314 g/mol. The number of amides is 1. The first kappa shape index (κ1) is 14.4. The molecular weight excluding hydrogens is 295 g/mol. The van der Waals surface area contributed by atoms with Crippen LogP contribution >= 0.6 is 0 Å². The van der Waals surface area contributed by atoms with E-state index < -0.39 is 5.82 Å². The molecule has 1 aliphatic heterocycles. The van der Waals surface area contributed by atoms with Gasteiger partial charge in [-0.25, -0.2) is 4.39 Å². The van der Waals surface area contributed by atoms with Gasteiger partial charge in [-0.2, -0.15) is 15.4 Å². The number of nitrogens with one attached hydrogen (secondary N) is 1. The van der Waals surface area contributed by atoms with E-state index in [1.54, 1.807) is 0 Å². The van der Waals surface area contributed by atoms with Gasteiger partial charge in [0.15, 0.2) is 0 Å². The largest absolute Gasteiger partial charge is 0.338 e. The molecule has 23 heavy (non-hydrogen) atoms. The van der Waals surface area contributed by atoms with Crippen molar-refractivity contribution in [3.8, 4) is 0 Å². The van der Waals surface area contributed by atoms with Gasteiger partial charge in [-0.1, -0.05) is 12.2 Å². The molecule has 120 valence electrons. The lowest BCUT2D eigenvalue weighted by Gasteiger charge is -2.44. The van der Waals surface area contributed by atoms with E-state index in [9.17, 15) is 9.18 Å². The molecule has 2 aliphatic rings. The number of allylic oxidation sites excluding steroid dienone is 2. The highest BCUT2D eigenvalue weighted by molar-refractivity contribution is 6.04. The topological polar surface area (TPSA) is 61.9 Å². The number of likely N-dealkylation sites (tertiary alicyclic amines) is 1. The predicted molar refractivity (Wildman–Crippen MR) is 84.4 cm³/mol. The molecule has 1 amide bonds. The van der Waals surface area contributed by atoms with Crippen molar-refractivity contribution < 1.29 is 9.18 Å². The molecule has 1 spiro atoms. The van der Waals surface area contributed by atoms with Crippen LogP contribution in [-0.4, -0.2) is 39.3 Å². The summed E-state index contributed by atoms with van der Waals surface area (Å²) in [6.07, 6.45) is 9.83. The second-order valence-electron chi connectivity index (χ2n) is 6.69. The number of fused-ring (bicyclic) bond motifs is 1. The first-order valence-electron chi connectivity index (χ1n) is 8.11. The number of H-pyrrole nitrogens is 1. The zero-order chi connectivity index (χ0) is 15.9. The summed E-state index contributed by atoms with van der Waals surface area (Å²) >= 11 is 0. The van der Waals surface area contributed by atoms with E-state index in [2.05, 4.69) is 27.6 Å². The number of halogens is 1. The minimum Gasteiger partial charge on any atom is -0.338 e. The van der Waals surface area contributed by atoms with Gasteiger partial charge in [-0.05, 0) is 43.6 Å². The molecule has 1 unspecified atom stereocenters. The minimum absolute atomic E-state index is 0.142. The van der Waals surface area contributed by atoms with E-state index in [1.807, 2.05) is 4.90 Å². The molecule has 1 saturated heterocycles. The van der Waals surface area contributed by atoms with E-state index in [0.717, 1.165) is 45.2 Å². The normalized spacial score (nSPS) is 24.5. The smallest absolute Gasteiger partial charge is 0.256 e. The second-order valence-corrected chi connectivity index (χ2v) is 6.69. The molecule has 2 heterocycles. The summed E-state index contributed by atoms with van der Waals surface area (Å²) in [7, 11) is 0. The Morgan fingerprint density at radius 2 is 2.17 bits per heavy atom. The minimum atomic E-state index is -0.456. The highest BCUT2D eigenvalue weighted by Gasteiger charge is 2.37. The van der Waals surface area contributed by atoms with Crippen LogP contribution in [0.1, 0.15) is 42.5 Å². The third kappa shape index (κ3) is 2.52. The number of aromatic nitrogens is 3. The van der Waals surface area contributed by atoms with Crippen molar-refractivity contribution in [2.24, 2.45) is 5.41 Å². The van der Waals surface area contributed by atoms with Crippen LogP contribution in [0.2, 0.25) is 0 Å². The molecule has 1 fully saturated rings. The Hall–Kier alpha value is -2.24. The maximum Gasteiger partial charge on any atom is 0.256 e. The quantitative estimate of drug-likeness (QED) is 0.823. The monoisotopic (exact) mass is 314 g/mol. The molecule has 0 bridgehead atoms. The van der Waals surface area contributed by atoms with Crippen LogP contribution in [0.4, 0.5) is 4.39 Å². The van der Waals surface area contributed by atoms with Crippen molar-refractivity contribution in [1.29, 1.82) is 0 Å². The van der Waals surface area contributed by atoms with Gasteiger partial charge >= 0.3 is 0 Å². The number of hydrogen-bond donors (Lipinski definition) is 1. The van der Waals surface area contributed by atoms with Crippen molar-refractivity contribution in [1.82, 2.24) is 20.3 Å². The Morgan fingerprint density at radius 1 is 1.26 bits per heavy atom. The van der Waals surface area contributed by atoms with Gasteiger partial charge in [0.1, 0.15) is 16.9 Å². The fourth-order valence-corrected chi connectivity index (χ4v) is 3.94. The summed E-state index contributed by atoms with van der Waals surface area (Å²) in [4.78, 5) is 14.8. The van der Waals surface area contributed by atoms with Gasteiger partial charge in [0.2, 0.25) is 0 Å². The van der Waals surface area contributed by atoms with E-state index in [0.29, 0.717) is 16.6 Å². The molecule has 1 aromatic heterocycles. The lowest BCUT2D eigenvalue weighted by Crippen LogP contribution is -2.46. The second kappa shape index (κ2) is 5.44. The zero-order valence-corrected chi connectivity index (χ0v) is 12.9. The van der Waals surface area contributed by atoms with Crippen LogP contribution < -0.4 is 0 Å². The van der Waals surface area contributed by atoms with Crippen LogP contribution in [0, 0.1) is 11.2 Å². The summed E-state index contributed by atoms with van der Waals surface area (Å²) in [5.74, 6) is -0.598. The first-order valence-corrected chi connectivity index (χ1v) is 8.11. The lowest BCUT2D eigenvalue weighted by atomic mass is 9.71. The van der Waals surface area contributed by atoms with Gasteiger partial charge < -0.3 is 4.90 Å². The van der Waals surface area contributed by atoms with Crippen molar-refractivity contribution >= 4 is 16.9 Å².